The number of ether oxygens (including phenoxy) is 3. The highest BCUT2D eigenvalue weighted by Gasteiger charge is 2.71. The molecule has 250 valence electrons. The number of nitrogens with one attached hydrogen (secondary N) is 1. The fraction of sp³-hybridized carbons (Fsp3) is 0.921. The highest BCUT2D eigenvalue weighted by atomic mass is 16.5. The van der Waals surface area contributed by atoms with E-state index in [1.165, 1.54) is 6.42 Å². The van der Waals surface area contributed by atoms with Crippen LogP contribution in [0.2, 0.25) is 0 Å². The van der Waals surface area contributed by atoms with E-state index in [2.05, 4.69) is 73.8 Å². The van der Waals surface area contributed by atoms with E-state index in [4.69, 9.17) is 14.2 Å². The molecule has 2 saturated heterocycles. The number of fused-ring (bicyclic) bond motifs is 3. The molecule has 0 aromatic rings. The van der Waals surface area contributed by atoms with Crippen molar-refractivity contribution < 1.29 is 24.1 Å². The van der Waals surface area contributed by atoms with E-state index < -0.39 is 5.97 Å². The lowest BCUT2D eigenvalue weighted by molar-refractivity contribution is -0.254. The first kappa shape index (κ1) is 33.0. The van der Waals surface area contributed by atoms with Crippen LogP contribution < -0.4 is 5.32 Å². The SMILES string of the molecule is CNC1(CO[C@H]2[C@H](C)C[C@@]34COC[C@]2(C)[C@@H]3CC[C@H]2C4=CC[C@@]3(C)[C@H](C(=O)O)[C@@](C)([C@H](C)C(C)C)CC[C@]23C)CCOCC1. The minimum Gasteiger partial charge on any atom is -0.481 e. The lowest BCUT2D eigenvalue weighted by atomic mass is 9.34. The highest BCUT2D eigenvalue weighted by molar-refractivity contribution is 5.73. The van der Waals surface area contributed by atoms with Crippen LogP contribution in [0, 0.1) is 62.6 Å². The van der Waals surface area contributed by atoms with Gasteiger partial charge in [-0.15, -0.1) is 0 Å². The third-order valence-corrected chi connectivity index (χ3v) is 15.9. The Kier molecular flexibility index (Phi) is 8.29. The molecule has 6 aliphatic rings. The van der Waals surface area contributed by atoms with Crippen LogP contribution in [0.1, 0.15) is 107 Å². The van der Waals surface area contributed by atoms with Gasteiger partial charge in [-0.05, 0) is 104 Å². The Balaban J connectivity index is 1.34. The molecule has 2 aliphatic heterocycles. The first-order valence-electron chi connectivity index (χ1n) is 18.0. The van der Waals surface area contributed by atoms with Gasteiger partial charge in [0, 0.05) is 29.6 Å². The molecule has 2 bridgehead atoms. The van der Waals surface area contributed by atoms with Crippen LogP contribution in [0.4, 0.5) is 0 Å². The molecule has 5 fully saturated rings. The van der Waals surface area contributed by atoms with Crippen LogP contribution in [0.5, 0.6) is 0 Å². The van der Waals surface area contributed by atoms with Crippen LogP contribution in [-0.2, 0) is 19.0 Å². The lowest BCUT2D eigenvalue weighted by Gasteiger charge is -2.71. The zero-order valence-corrected chi connectivity index (χ0v) is 29.4. The molecule has 44 heavy (non-hydrogen) atoms. The first-order chi connectivity index (χ1) is 20.6. The van der Waals surface area contributed by atoms with E-state index in [1.54, 1.807) is 5.57 Å². The third-order valence-electron chi connectivity index (χ3n) is 15.9. The zero-order chi connectivity index (χ0) is 31.9. The van der Waals surface area contributed by atoms with Gasteiger partial charge >= 0.3 is 5.97 Å². The fourth-order valence-corrected chi connectivity index (χ4v) is 12.9. The molecule has 0 aromatic heterocycles. The van der Waals surface area contributed by atoms with E-state index in [9.17, 15) is 9.90 Å². The van der Waals surface area contributed by atoms with Crippen molar-refractivity contribution in [3.05, 3.63) is 11.6 Å². The summed E-state index contributed by atoms with van der Waals surface area (Å²) >= 11 is 0. The number of carbonyl (C=O) groups is 1. The summed E-state index contributed by atoms with van der Waals surface area (Å²) in [4.78, 5) is 13.3. The van der Waals surface area contributed by atoms with Gasteiger partial charge in [0.15, 0.2) is 0 Å². The summed E-state index contributed by atoms with van der Waals surface area (Å²) in [6.45, 7) is 22.8. The van der Waals surface area contributed by atoms with E-state index in [0.29, 0.717) is 29.6 Å². The predicted molar refractivity (Wildman–Crippen MR) is 174 cm³/mol. The quantitative estimate of drug-likeness (QED) is 0.292. The lowest BCUT2D eigenvalue weighted by Crippen LogP contribution is -2.69. The Hall–Kier alpha value is -0.950. The van der Waals surface area contributed by atoms with Crippen LogP contribution >= 0.6 is 0 Å². The smallest absolute Gasteiger partial charge is 0.307 e. The number of hydrogen-bond donors (Lipinski definition) is 2. The normalized spacial score (nSPS) is 48.9. The molecule has 11 atom stereocenters. The summed E-state index contributed by atoms with van der Waals surface area (Å²) < 4.78 is 19.4. The van der Waals surface area contributed by atoms with Gasteiger partial charge in [-0.3, -0.25) is 4.79 Å². The maximum atomic E-state index is 13.3. The molecule has 3 saturated carbocycles. The van der Waals surface area contributed by atoms with Crippen LogP contribution in [0.15, 0.2) is 11.6 Å². The van der Waals surface area contributed by atoms with Gasteiger partial charge in [-0.25, -0.2) is 0 Å². The Morgan fingerprint density at radius 3 is 2.36 bits per heavy atom. The molecule has 0 spiro atoms. The first-order valence-corrected chi connectivity index (χ1v) is 18.0. The Morgan fingerprint density at radius 1 is 1.02 bits per heavy atom. The van der Waals surface area contributed by atoms with Crippen molar-refractivity contribution in [1.82, 2.24) is 5.32 Å². The summed E-state index contributed by atoms with van der Waals surface area (Å²) in [5, 5.41) is 14.6. The van der Waals surface area contributed by atoms with Crippen LogP contribution in [0.25, 0.3) is 0 Å². The van der Waals surface area contributed by atoms with E-state index >= 15 is 0 Å². The maximum absolute atomic E-state index is 13.3. The average molecular weight is 614 g/mol. The van der Waals surface area contributed by atoms with E-state index in [1.807, 2.05) is 0 Å². The third kappa shape index (κ3) is 4.42. The number of carboxylic acid groups (broad SMARTS) is 1. The molecule has 6 heteroatoms. The minimum absolute atomic E-state index is 0.00970. The van der Waals surface area contributed by atoms with Crippen molar-refractivity contribution in [2.45, 2.75) is 118 Å². The molecule has 0 aromatic carbocycles. The van der Waals surface area contributed by atoms with Crippen molar-refractivity contribution >= 4 is 5.97 Å². The number of rotatable bonds is 7. The number of allylic oxidation sites excluding steroid dienone is 1. The average Bonchev–Trinajstić information content (AvgIpc) is 2.97. The summed E-state index contributed by atoms with van der Waals surface area (Å²) in [5.74, 6) is 1.28. The van der Waals surface area contributed by atoms with Crippen molar-refractivity contribution in [3.8, 4) is 0 Å². The summed E-state index contributed by atoms with van der Waals surface area (Å²) in [7, 11) is 2.08. The van der Waals surface area contributed by atoms with Gasteiger partial charge in [0.05, 0.1) is 31.8 Å². The number of carboxylic acids is 1. The molecule has 0 radical (unpaired) electrons. The number of aliphatic carboxylic acids is 1. The second-order valence-electron chi connectivity index (χ2n) is 17.9. The van der Waals surface area contributed by atoms with Crippen molar-refractivity contribution in [1.29, 1.82) is 0 Å². The summed E-state index contributed by atoms with van der Waals surface area (Å²) in [5.41, 5.74) is 1.09. The van der Waals surface area contributed by atoms with Crippen LogP contribution in [0.3, 0.4) is 0 Å². The molecular weight excluding hydrogens is 550 g/mol. The minimum atomic E-state index is -0.583. The Labute approximate surface area is 267 Å². The van der Waals surface area contributed by atoms with Gasteiger partial charge < -0.3 is 24.6 Å². The van der Waals surface area contributed by atoms with Crippen molar-refractivity contribution in [3.63, 3.8) is 0 Å². The van der Waals surface area contributed by atoms with E-state index in [0.717, 1.165) is 78.0 Å². The molecule has 0 unspecified atom stereocenters. The van der Waals surface area contributed by atoms with Gasteiger partial charge in [0.1, 0.15) is 0 Å². The monoisotopic (exact) mass is 613 g/mol. The molecular formula is C38H63NO5. The molecule has 2 heterocycles. The molecule has 6 nitrogen and oxygen atoms in total. The maximum Gasteiger partial charge on any atom is 0.307 e. The summed E-state index contributed by atoms with van der Waals surface area (Å²) in [6, 6.07) is 0. The van der Waals surface area contributed by atoms with Crippen molar-refractivity contribution in [2.24, 2.45) is 62.6 Å². The fourth-order valence-electron chi connectivity index (χ4n) is 12.9. The number of hydrogen-bond acceptors (Lipinski definition) is 5. The highest BCUT2D eigenvalue weighted by Crippen LogP contribution is 2.75. The van der Waals surface area contributed by atoms with Gasteiger partial charge in [-0.1, -0.05) is 67.0 Å². The predicted octanol–water partition coefficient (Wildman–Crippen LogP) is 7.36. The zero-order valence-electron chi connectivity index (χ0n) is 29.4. The summed E-state index contributed by atoms with van der Waals surface area (Å²) in [6.07, 6.45) is 11.1. The standard InChI is InChI=1S/C38H63NO5/c1-24(2)26(4)33(5)14-15-35(7)27-10-11-29-34(6)21-43-23-38(29,28(27)12-13-36(35,8)30(33)32(40)41)20-25(3)31(34)44-22-37(39-9)16-18-42-19-17-37/h12,24-27,29-31,39H,10-11,13-23H2,1-9H3,(H,40,41)/t25-,26-,27+,29+,30-,31+,33-,34-,35-,36+,38+/m1/s1. The Morgan fingerprint density at radius 2 is 1.73 bits per heavy atom. The van der Waals surface area contributed by atoms with Gasteiger partial charge in [0.25, 0.3) is 0 Å². The van der Waals surface area contributed by atoms with Crippen LogP contribution in [-0.4, -0.2) is 62.8 Å². The molecule has 0 amide bonds. The van der Waals surface area contributed by atoms with Crippen molar-refractivity contribution in [2.75, 3.05) is 40.1 Å². The molecule has 4 aliphatic carbocycles. The second kappa shape index (κ2) is 11.1. The van der Waals surface area contributed by atoms with E-state index in [-0.39, 0.29) is 44.6 Å². The number of likely N-dealkylation sites (N-methyl/N-ethyl adjacent to an activating group) is 1. The molecule has 2 N–H and O–H groups in total. The largest absolute Gasteiger partial charge is 0.481 e. The molecule has 6 rings (SSSR count). The van der Waals surface area contributed by atoms with Gasteiger partial charge in [-0.2, -0.15) is 0 Å². The second-order valence-corrected chi connectivity index (χ2v) is 17.9. The van der Waals surface area contributed by atoms with Gasteiger partial charge in [0.2, 0.25) is 0 Å². The topological polar surface area (TPSA) is 77.0 Å². The Bertz CT molecular complexity index is 1150.